The van der Waals surface area contributed by atoms with Gasteiger partial charge in [0, 0.05) is 35.1 Å². The summed E-state index contributed by atoms with van der Waals surface area (Å²) in [6, 6.07) is 25.9. The lowest BCUT2D eigenvalue weighted by atomic mass is 10.1. The number of aromatic nitrogens is 1. The van der Waals surface area contributed by atoms with E-state index >= 15 is 0 Å². The van der Waals surface area contributed by atoms with E-state index in [1.54, 1.807) is 0 Å². The van der Waals surface area contributed by atoms with E-state index in [1.165, 1.54) is 5.56 Å². The smallest absolute Gasteiger partial charge is 0.490 e. The molecular weight excluding hydrogens is 648 g/mol. The van der Waals surface area contributed by atoms with Crippen LogP contribution in [0, 0.1) is 5.41 Å². The van der Waals surface area contributed by atoms with E-state index in [1.807, 2.05) is 59.2 Å². The first-order valence-corrected chi connectivity index (χ1v) is 13.8. The van der Waals surface area contributed by atoms with E-state index in [0.29, 0.717) is 24.3 Å². The van der Waals surface area contributed by atoms with Crippen molar-refractivity contribution in [3.63, 3.8) is 0 Å². The summed E-state index contributed by atoms with van der Waals surface area (Å²) >= 11 is 0. The van der Waals surface area contributed by atoms with Gasteiger partial charge in [0.05, 0.1) is 21.1 Å². The Balaban J connectivity index is 0.000000479. The summed E-state index contributed by atoms with van der Waals surface area (Å²) in [4.78, 5) is 30.9. The van der Waals surface area contributed by atoms with Gasteiger partial charge in [-0.05, 0) is 29.3 Å². The quantitative estimate of drug-likeness (QED) is 0.0951. The number of aliphatic carboxylic acids is 2. The normalized spacial score (nSPS) is 11.4. The second kappa shape index (κ2) is 15.9. The minimum absolute atomic E-state index is 0.0321. The minimum atomic E-state index is -5.19. The Kier molecular flexibility index (Phi) is 12.9. The third kappa shape index (κ3) is 12.4. The molecule has 3 aromatic carbocycles. The third-order valence-corrected chi connectivity index (χ3v) is 6.23. The lowest BCUT2D eigenvalue weighted by molar-refractivity contribution is -0.884. The Bertz CT molecular complexity index is 1720. The zero-order valence-corrected chi connectivity index (χ0v) is 25.9. The molecule has 16 heteroatoms. The highest BCUT2D eigenvalue weighted by atomic mass is 19.4. The molecule has 1 amide bonds. The Morgan fingerprint density at radius 3 is 1.90 bits per heavy atom. The molecular formula is C32H33F6N5O5. The van der Waals surface area contributed by atoms with Gasteiger partial charge in [-0.25, -0.2) is 4.79 Å². The van der Waals surface area contributed by atoms with Crippen LogP contribution in [0.3, 0.4) is 0 Å². The molecule has 10 nitrogen and oxygen atoms in total. The maximum atomic E-state index is 13.2. The predicted octanol–water partition coefficient (Wildman–Crippen LogP) is 4.04. The van der Waals surface area contributed by atoms with Gasteiger partial charge in [0.2, 0.25) is 0 Å². The van der Waals surface area contributed by atoms with Crippen molar-refractivity contribution in [2.24, 2.45) is 5.73 Å². The van der Waals surface area contributed by atoms with Crippen molar-refractivity contribution in [2.75, 3.05) is 21.1 Å². The molecule has 48 heavy (non-hydrogen) atoms. The van der Waals surface area contributed by atoms with Crippen LogP contribution in [0.25, 0.3) is 10.9 Å². The molecule has 0 aliphatic heterocycles. The average Bonchev–Trinajstić information content (AvgIpc) is 3.34. The molecule has 0 aliphatic carbocycles. The number of quaternary nitrogens is 1. The number of halogens is 6. The number of nitrogen functional groups attached to an aromatic ring is 1. The Labute approximate surface area is 271 Å². The summed E-state index contributed by atoms with van der Waals surface area (Å²) in [6.45, 7) is 1.93. The standard InChI is InChI=1S/C28H31N5O.2C2HF3O2/c1-33(2,3)19-21-13-11-20(12-14-21)17-31-28(34)26-16-23-8-4-5-10-25(23)32(26)18-22-7-6-9-24(15-22)27(29)30;2*3-2(4,5)1(6)7/h4-16H,17-19H2,1-3H3,(H3-,29,30,31,34);2*(H,6,7). The number of para-hydroxylation sites is 1. The molecule has 0 fully saturated rings. The van der Waals surface area contributed by atoms with Crippen LogP contribution in [0.1, 0.15) is 32.7 Å². The molecule has 0 unspecified atom stereocenters. The van der Waals surface area contributed by atoms with Crippen molar-refractivity contribution in [3.05, 3.63) is 107 Å². The SMILES string of the molecule is C[N+](C)(C)Cc1ccc(CNC(=O)c2cc3ccccc3n2Cc2cccc(C(=N)N)c2)cc1.O=C(O)C(F)(F)F.O=C([O-])C(F)(F)F. The highest BCUT2D eigenvalue weighted by molar-refractivity contribution is 5.99. The Hall–Kier alpha value is -5.38. The number of alkyl halides is 6. The Morgan fingerprint density at radius 1 is 0.854 bits per heavy atom. The van der Waals surface area contributed by atoms with Crippen molar-refractivity contribution >= 4 is 34.6 Å². The van der Waals surface area contributed by atoms with E-state index < -0.39 is 24.3 Å². The summed E-state index contributed by atoms with van der Waals surface area (Å²) in [5.74, 6) is -5.85. The van der Waals surface area contributed by atoms with Crippen molar-refractivity contribution in [3.8, 4) is 0 Å². The van der Waals surface area contributed by atoms with Gasteiger partial charge in [0.1, 0.15) is 24.0 Å². The zero-order chi connectivity index (χ0) is 36.4. The predicted molar refractivity (Wildman–Crippen MR) is 163 cm³/mol. The summed E-state index contributed by atoms with van der Waals surface area (Å²) in [6.07, 6.45) is -10.3. The molecule has 1 aromatic heterocycles. The maximum Gasteiger partial charge on any atom is 0.490 e. The van der Waals surface area contributed by atoms with Crippen molar-refractivity contribution in [1.82, 2.24) is 9.88 Å². The van der Waals surface area contributed by atoms with E-state index in [4.69, 9.17) is 30.9 Å². The lowest BCUT2D eigenvalue weighted by Crippen LogP contribution is -2.37. The van der Waals surface area contributed by atoms with Crippen LogP contribution in [0.2, 0.25) is 0 Å². The first kappa shape index (κ1) is 38.8. The number of nitrogens with two attached hydrogens (primary N) is 1. The third-order valence-electron chi connectivity index (χ3n) is 6.23. The van der Waals surface area contributed by atoms with Crippen LogP contribution in [-0.2, 0) is 29.2 Å². The van der Waals surface area contributed by atoms with Gasteiger partial charge in [0.25, 0.3) is 5.91 Å². The first-order chi connectivity index (χ1) is 22.1. The van der Waals surface area contributed by atoms with Gasteiger partial charge in [-0.2, -0.15) is 26.3 Å². The van der Waals surface area contributed by atoms with Crippen molar-refractivity contribution in [1.29, 1.82) is 5.41 Å². The van der Waals surface area contributed by atoms with Gasteiger partial charge in [-0.15, -0.1) is 0 Å². The van der Waals surface area contributed by atoms with Crippen LogP contribution in [0.5, 0.6) is 0 Å². The largest absolute Gasteiger partial charge is 0.542 e. The van der Waals surface area contributed by atoms with Gasteiger partial charge < -0.3 is 35.1 Å². The number of fused-ring (bicyclic) bond motifs is 1. The molecule has 4 aromatic rings. The van der Waals surface area contributed by atoms with Crippen LogP contribution < -0.4 is 16.2 Å². The zero-order valence-electron chi connectivity index (χ0n) is 25.9. The number of carboxylic acids is 2. The van der Waals surface area contributed by atoms with Crippen LogP contribution in [0.15, 0.2) is 78.9 Å². The van der Waals surface area contributed by atoms with Gasteiger partial charge in [-0.3, -0.25) is 10.2 Å². The lowest BCUT2D eigenvalue weighted by Gasteiger charge is -2.23. The summed E-state index contributed by atoms with van der Waals surface area (Å²) < 4.78 is 66.2. The highest BCUT2D eigenvalue weighted by Crippen LogP contribution is 2.22. The fourth-order valence-electron chi connectivity index (χ4n) is 4.17. The van der Waals surface area contributed by atoms with Crippen molar-refractivity contribution in [2.45, 2.75) is 32.0 Å². The molecule has 0 bridgehead atoms. The second-order valence-corrected chi connectivity index (χ2v) is 11.3. The van der Waals surface area contributed by atoms with Crippen LogP contribution in [0.4, 0.5) is 26.3 Å². The number of rotatable bonds is 8. The molecule has 0 spiro atoms. The number of nitrogens with one attached hydrogen (secondary N) is 2. The van der Waals surface area contributed by atoms with Crippen molar-refractivity contribution < 1.29 is 55.4 Å². The molecule has 5 N–H and O–H groups in total. The van der Waals surface area contributed by atoms with Crippen LogP contribution in [-0.4, -0.2) is 71.3 Å². The molecule has 0 aliphatic rings. The number of amidine groups is 1. The summed E-state index contributed by atoms with van der Waals surface area (Å²) in [7, 11) is 6.51. The summed E-state index contributed by atoms with van der Waals surface area (Å²) in [5.41, 5.74) is 11.3. The summed E-state index contributed by atoms with van der Waals surface area (Å²) in [5, 5.41) is 27.7. The highest BCUT2D eigenvalue weighted by Gasteiger charge is 2.38. The molecule has 0 saturated heterocycles. The van der Waals surface area contributed by atoms with Gasteiger partial charge in [-0.1, -0.05) is 60.7 Å². The van der Waals surface area contributed by atoms with Gasteiger partial charge in [0.15, 0.2) is 0 Å². The molecule has 0 radical (unpaired) electrons. The number of amides is 1. The topological polar surface area (TPSA) is 161 Å². The van der Waals surface area contributed by atoms with Crippen LogP contribution >= 0.6 is 0 Å². The number of carboxylic acid groups (broad SMARTS) is 2. The first-order valence-electron chi connectivity index (χ1n) is 13.8. The molecule has 1 heterocycles. The van der Waals surface area contributed by atoms with E-state index in [9.17, 15) is 31.1 Å². The Morgan fingerprint density at radius 2 is 1.40 bits per heavy atom. The molecule has 0 saturated carbocycles. The van der Waals surface area contributed by atoms with E-state index in [-0.39, 0.29) is 11.7 Å². The molecule has 258 valence electrons. The number of carbonyl (C=O) groups excluding carboxylic acids is 2. The monoisotopic (exact) mass is 681 g/mol. The van der Waals surface area contributed by atoms with E-state index in [0.717, 1.165) is 33.1 Å². The fraction of sp³-hybridized carbons (Fsp3) is 0.250. The number of hydrogen-bond donors (Lipinski definition) is 4. The number of benzene rings is 3. The number of nitrogens with zero attached hydrogens (tertiary/aromatic N) is 2. The van der Waals surface area contributed by atoms with Gasteiger partial charge >= 0.3 is 18.3 Å². The molecule has 4 rings (SSSR count). The van der Waals surface area contributed by atoms with E-state index in [2.05, 4.69) is 50.7 Å². The average molecular weight is 682 g/mol. The number of carbonyl (C=O) groups is 3. The minimum Gasteiger partial charge on any atom is -0.542 e. The second-order valence-electron chi connectivity index (χ2n) is 11.3. The number of hydrogen-bond acceptors (Lipinski definition) is 5. The fourth-order valence-corrected chi connectivity index (χ4v) is 4.17. The maximum absolute atomic E-state index is 13.2. The molecule has 0 atom stereocenters.